The van der Waals surface area contributed by atoms with Crippen LogP contribution >= 0.6 is 15.9 Å². The van der Waals surface area contributed by atoms with Crippen molar-refractivity contribution in [3.05, 3.63) is 34.1 Å². The Balaban J connectivity index is 2.09. The molecule has 1 fully saturated rings. The van der Waals surface area contributed by atoms with E-state index in [4.69, 9.17) is 0 Å². The van der Waals surface area contributed by atoms with Crippen molar-refractivity contribution in [1.82, 2.24) is 13.5 Å². The number of piperazine rings is 1. The lowest BCUT2D eigenvalue weighted by molar-refractivity contribution is 0.0694. The highest BCUT2D eigenvalue weighted by molar-refractivity contribution is 9.10. The predicted octanol–water partition coefficient (Wildman–Crippen LogP) is 1.15. The van der Waals surface area contributed by atoms with Gasteiger partial charge in [-0.25, -0.2) is 4.39 Å². The highest BCUT2D eigenvalue weighted by Gasteiger charge is 2.31. The van der Waals surface area contributed by atoms with Gasteiger partial charge in [0.1, 0.15) is 5.82 Å². The monoisotopic (exact) mass is 393 g/mol. The third kappa shape index (κ3) is 3.48. The standard InChI is InChI=1S/C13H17BrFN3O3S/c1-16(2)22(20,21)18-7-5-17(6-8-18)13(19)11-9-10(15)3-4-12(11)14/h3-4,9H,5-8H2,1-2H3. The van der Waals surface area contributed by atoms with Gasteiger partial charge in [0.25, 0.3) is 16.1 Å². The molecule has 9 heteroatoms. The summed E-state index contributed by atoms with van der Waals surface area (Å²) in [6, 6.07) is 3.92. The first kappa shape index (κ1) is 17.3. The minimum absolute atomic E-state index is 0.221. The van der Waals surface area contributed by atoms with Crippen molar-refractivity contribution in [2.45, 2.75) is 0 Å². The number of hydrogen-bond acceptors (Lipinski definition) is 3. The van der Waals surface area contributed by atoms with Crippen LogP contribution in [-0.4, -0.2) is 68.1 Å². The molecule has 0 bridgehead atoms. The molecular formula is C13H17BrFN3O3S. The van der Waals surface area contributed by atoms with Crippen molar-refractivity contribution in [2.75, 3.05) is 40.3 Å². The van der Waals surface area contributed by atoms with Gasteiger partial charge < -0.3 is 4.90 Å². The summed E-state index contributed by atoms with van der Waals surface area (Å²) in [7, 11) is -0.531. The van der Waals surface area contributed by atoms with Crippen LogP contribution in [-0.2, 0) is 10.2 Å². The second kappa shape index (κ2) is 6.61. The van der Waals surface area contributed by atoms with Crippen molar-refractivity contribution >= 4 is 32.0 Å². The van der Waals surface area contributed by atoms with Crippen molar-refractivity contribution in [3.63, 3.8) is 0 Å². The normalized spacial score (nSPS) is 17.0. The van der Waals surface area contributed by atoms with Crippen molar-refractivity contribution < 1.29 is 17.6 Å². The molecule has 0 aliphatic carbocycles. The van der Waals surface area contributed by atoms with E-state index in [9.17, 15) is 17.6 Å². The third-order valence-electron chi connectivity index (χ3n) is 3.47. The maximum Gasteiger partial charge on any atom is 0.281 e. The van der Waals surface area contributed by atoms with Crippen LogP contribution in [0.3, 0.4) is 0 Å². The summed E-state index contributed by atoms with van der Waals surface area (Å²) in [5.74, 6) is -0.798. The summed E-state index contributed by atoms with van der Waals surface area (Å²) in [6.45, 7) is 0.988. The first-order chi connectivity index (χ1) is 10.2. The number of benzene rings is 1. The molecule has 0 spiro atoms. The summed E-state index contributed by atoms with van der Waals surface area (Å²) in [4.78, 5) is 13.9. The smallest absolute Gasteiger partial charge is 0.281 e. The lowest BCUT2D eigenvalue weighted by Gasteiger charge is -2.35. The Hall–Kier alpha value is -1.03. The van der Waals surface area contributed by atoms with Gasteiger partial charge in [0.2, 0.25) is 0 Å². The molecule has 6 nitrogen and oxygen atoms in total. The minimum atomic E-state index is -3.47. The highest BCUT2D eigenvalue weighted by atomic mass is 79.9. The van der Waals surface area contributed by atoms with Gasteiger partial charge in [0.05, 0.1) is 5.56 Å². The minimum Gasteiger partial charge on any atom is -0.336 e. The Morgan fingerprint density at radius 2 is 1.82 bits per heavy atom. The molecule has 1 amide bonds. The molecule has 1 heterocycles. The maximum atomic E-state index is 13.3. The number of carbonyl (C=O) groups excluding carboxylic acids is 1. The maximum absolute atomic E-state index is 13.3. The van der Waals surface area contributed by atoms with Gasteiger partial charge in [-0.1, -0.05) is 0 Å². The molecule has 0 saturated carbocycles. The van der Waals surface area contributed by atoms with Crippen LogP contribution < -0.4 is 0 Å². The van der Waals surface area contributed by atoms with Crippen LogP contribution in [0.25, 0.3) is 0 Å². The van der Waals surface area contributed by atoms with Gasteiger partial charge in [-0.3, -0.25) is 4.79 Å². The lowest BCUT2D eigenvalue weighted by atomic mass is 10.2. The molecule has 1 aromatic carbocycles. The highest BCUT2D eigenvalue weighted by Crippen LogP contribution is 2.21. The average Bonchev–Trinajstić information content (AvgIpc) is 2.49. The van der Waals surface area contributed by atoms with Crippen LogP contribution in [0.15, 0.2) is 22.7 Å². The number of nitrogens with zero attached hydrogens (tertiary/aromatic N) is 3. The molecule has 0 radical (unpaired) electrons. The van der Waals surface area contributed by atoms with Crippen LogP contribution in [0.5, 0.6) is 0 Å². The summed E-state index contributed by atoms with van der Waals surface area (Å²) < 4.78 is 40.3. The van der Waals surface area contributed by atoms with Crippen molar-refractivity contribution in [2.24, 2.45) is 0 Å². The summed E-state index contributed by atoms with van der Waals surface area (Å²) in [5, 5.41) is 0. The SMILES string of the molecule is CN(C)S(=O)(=O)N1CCN(C(=O)c2cc(F)ccc2Br)CC1. The van der Waals surface area contributed by atoms with Crippen LogP contribution in [0.4, 0.5) is 4.39 Å². The molecule has 0 atom stereocenters. The van der Waals surface area contributed by atoms with Crippen molar-refractivity contribution in [1.29, 1.82) is 0 Å². The summed E-state index contributed by atoms with van der Waals surface area (Å²) in [6.07, 6.45) is 0. The van der Waals surface area contributed by atoms with Gasteiger partial charge in [-0.05, 0) is 34.1 Å². The quantitative estimate of drug-likeness (QED) is 0.773. The molecule has 1 saturated heterocycles. The molecule has 0 unspecified atom stereocenters. The molecule has 0 aromatic heterocycles. The Kier molecular flexibility index (Phi) is 5.21. The van der Waals surface area contributed by atoms with E-state index in [1.807, 2.05) is 0 Å². The number of rotatable bonds is 3. The van der Waals surface area contributed by atoms with E-state index in [0.717, 1.165) is 4.31 Å². The zero-order chi connectivity index (χ0) is 16.5. The number of amides is 1. The van der Waals surface area contributed by atoms with Gasteiger partial charge >= 0.3 is 0 Å². The van der Waals surface area contributed by atoms with Gasteiger partial charge in [-0.15, -0.1) is 0 Å². The van der Waals surface area contributed by atoms with Crippen LogP contribution in [0, 0.1) is 5.82 Å². The molecule has 2 rings (SSSR count). The largest absolute Gasteiger partial charge is 0.336 e. The van der Waals surface area contributed by atoms with Crippen LogP contribution in [0.1, 0.15) is 10.4 Å². The molecule has 1 aromatic rings. The molecule has 1 aliphatic heterocycles. The Labute approximate surface area is 137 Å². The Bertz CT molecular complexity index is 673. The van der Waals surface area contributed by atoms with E-state index >= 15 is 0 Å². The number of halogens is 2. The van der Waals surface area contributed by atoms with Crippen LogP contribution in [0.2, 0.25) is 0 Å². The lowest BCUT2D eigenvalue weighted by Crippen LogP contribution is -2.53. The molecule has 122 valence electrons. The van der Waals surface area contributed by atoms with E-state index in [0.29, 0.717) is 4.47 Å². The van der Waals surface area contributed by atoms with Gasteiger partial charge in [0, 0.05) is 44.7 Å². The second-order valence-corrected chi connectivity index (χ2v) is 8.10. The second-order valence-electron chi connectivity index (χ2n) is 5.11. The Morgan fingerprint density at radius 1 is 1.23 bits per heavy atom. The van der Waals surface area contributed by atoms with E-state index in [1.54, 1.807) is 0 Å². The molecule has 22 heavy (non-hydrogen) atoms. The van der Waals surface area contributed by atoms with Gasteiger partial charge in [-0.2, -0.15) is 17.0 Å². The first-order valence-corrected chi connectivity index (χ1v) is 8.84. The number of hydrogen-bond donors (Lipinski definition) is 0. The zero-order valence-corrected chi connectivity index (χ0v) is 14.7. The number of carbonyl (C=O) groups is 1. The molecular weight excluding hydrogens is 377 g/mol. The van der Waals surface area contributed by atoms with E-state index in [-0.39, 0.29) is 37.6 Å². The van der Waals surface area contributed by atoms with Crippen molar-refractivity contribution in [3.8, 4) is 0 Å². The fourth-order valence-corrected chi connectivity index (χ4v) is 3.69. The topological polar surface area (TPSA) is 60.9 Å². The Morgan fingerprint density at radius 3 is 2.36 bits per heavy atom. The molecule has 0 N–H and O–H groups in total. The van der Waals surface area contributed by atoms with Gasteiger partial charge in [0.15, 0.2) is 0 Å². The zero-order valence-electron chi connectivity index (χ0n) is 12.3. The fraction of sp³-hybridized carbons (Fsp3) is 0.462. The average molecular weight is 394 g/mol. The molecule has 1 aliphatic rings. The predicted molar refractivity (Wildman–Crippen MR) is 84.2 cm³/mol. The van der Waals surface area contributed by atoms with E-state index in [1.165, 1.54) is 41.5 Å². The fourth-order valence-electron chi connectivity index (χ4n) is 2.18. The third-order valence-corrected chi connectivity index (χ3v) is 6.10. The summed E-state index contributed by atoms with van der Waals surface area (Å²) in [5.41, 5.74) is 0.240. The van der Waals surface area contributed by atoms with E-state index < -0.39 is 16.0 Å². The van der Waals surface area contributed by atoms with E-state index in [2.05, 4.69) is 15.9 Å². The summed E-state index contributed by atoms with van der Waals surface area (Å²) >= 11 is 3.23. The first-order valence-electron chi connectivity index (χ1n) is 6.65.